The van der Waals surface area contributed by atoms with E-state index in [1.807, 2.05) is 30.3 Å². The Morgan fingerprint density at radius 3 is 2.25 bits per heavy atom. The molecule has 1 heterocycles. The first-order valence-corrected chi connectivity index (χ1v) is 14.1. The fourth-order valence-electron chi connectivity index (χ4n) is 5.09. The van der Waals surface area contributed by atoms with E-state index in [0.29, 0.717) is 25.5 Å². The summed E-state index contributed by atoms with van der Waals surface area (Å²) in [5.41, 5.74) is 7.08. The number of ether oxygens (including phenoxy) is 1. The molecule has 40 heavy (non-hydrogen) atoms. The van der Waals surface area contributed by atoms with Gasteiger partial charge in [-0.05, 0) is 53.3 Å². The van der Waals surface area contributed by atoms with Crippen LogP contribution in [0.4, 0.5) is 0 Å². The van der Waals surface area contributed by atoms with Gasteiger partial charge < -0.3 is 14.6 Å². The Bertz CT molecular complexity index is 1530. The molecule has 4 aromatic carbocycles. The number of aryl methyl sites for hydroxylation is 1. The number of aromatic nitrogens is 1. The highest BCUT2D eigenvalue weighted by Crippen LogP contribution is 2.36. The van der Waals surface area contributed by atoms with E-state index in [9.17, 15) is 4.79 Å². The number of rotatable bonds is 11. The fourth-order valence-corrected chi connectivity index (χ4v) is 5.09. The standard InChI is InChI=1S/C36H38N2O2/c1-26(2)22-37-36(39)21-33(30-17-19-31(20-18-30)40-25-29-9-5-4-6-10-29)34-24-38(35-12-8-7-11-32(34)35)23-28-15-13-27(3)14-16-28/h4-20,24,26,33H,21-23,25H2,1-3H3,(H,37,39)/t33-/m1/s1. The lowest BCUT2D eigenvalue weighted by Crippen LogP contribution is -2.28. The zero-order valence-corrected chi connectivity index (χ0v) is 23.6. The summed E-state index contributed by atoms with van der Waals surface area (Å²) in [6.45, 7) is 8.31. The van der Waals surface area contributed by atoms with Crippen LogP contribution in [-0.2, 0) is 17.9 Å². The van der Waals surface area contributed by atoms with E-state index in [1.54, 1.807) is 0 Å². The van der Waals surface area contributed by atoms with Gasteiger partial charge in [0.1, 0.15) is 12.4 Å². The van der Waals surface area contributed by atoms with Gasteiger partial charge in [-0.15, -0.1) is 0 Å². The Morgan fingerprint density at radius 1 is 0.825 bits per heavy atom. The molecule has 204 valence electrons. The molecule has 0 radical (unpaired) electrons. The molecule has 0 fully saturated rings. The molecule has 0 aliphatic carbocycles. The predicted octanol–water partition coefficient (Wildman–Crippen LogP) is 7.87. The van der Waals surface area contributed by atoms with Crippen molar-refractivity contribution in [1.82, 2.24) is 9.88 Å². The number of carbonyl (C=O) groups is 1. The van der Waals surface area contributed by atoms with E-state index in [2.05, 4.69) is 110 Å². The SMILES string of the molecule is Cc1ccc(Cn2cc([C@H](CC(=O)NCC(C)C)c3ccc(OCc4ccccc4)cc3)c3ccccc32)cc1. The van der Waals surface area contributed by atoms with Gasteiger partial charge in [0.05, 0.1) is 0 Å². The number of nitrogens with zero attached hydrogens (tertiary/aromatic N) is 1. The summed E-state index contributed by atoms with van der Waals surface area (Å²) in [4.78, 5) is 13.2. The van der Waals surface area contributed by atoms with Gasteiger partial charge >= 0.3 is 0 Å². The quantitative estimate of drug-likeness (QED) is 0.189. The minimum absolute atomic E-state index is 0.0680. The largest absolute Gasteiger partial charge is 0.489 e. The van der Waals surface area contributed by atoms with Gasteiger partial charge in [-0.25, -0.2) is 0 Å². The van der Waals surface area contributed by atoms with E-state index >= 15 is 0 Å². The van der Waals surface area contributed by atoms with Crippen molar-refractivity contribution < 1.29 is 9.53 Å². The van der Waals surface area contributed by atoms with Crippen LogP contribution >= 0.6 is 0 Å². The molecule has 1 N–H and O–H groups in total. The number of fused-ring (bicyclic) bond motifs is 1. The molecule has 0 aliphatic heterocycles. The van der Waals surface area contributed by atoms with Crippen molar-refractivity contribution >= 4 is 16.8 Å². The number of hydrogen-bond acceptors (Lipinski definition) is 2. The number of hydrogen-bond donors (Lipinski definition) is 1. The summed E-state index contributed by atoms with van der Waals surface area (Å²) in [6.07, 6.45) is 2.63. The minimum atomic E-state index is -0.0838. The lowest BCUT2D eigenvalue weighted by molar-refractivity contribution is -0.121. The number of nitrogens with one attached hydrogen (secondary N) is 1. The second kappa shape index (κ2) is 12.7. The molecule has 0 unspecified atom stereocenters. The van der Waals surface area contributed by atoms with Crippen LogP contribution < -0.4 is 10.1 Å². The van der Waals surface area contributed by atoms with E-state index in [4.69, 9.17) is 4.74 Å². The summed E-state index contributed by atoms with van der Waals surface area (Å²) in [5.74, 6) is 1.20. The van der Waals surface area contributed by atoms with Gasteiger partial charge in [0.15, 0.2) is 0 Å². The molecule has 0 aliphatic rings. The molecular formula is C36H38N2O2. The van der Waals surface area contributed by atoms with Crippen LogP contribution in [0.25, 0.3) is 10.9 Å². The molecule has 1 aromatic heterocycles. The molecule has 0 spiro atoms. The third-order valence-corrected chi connectivity index (χ3v) is 7.30. The molecule has 5 rings (SSSR count). The lowest BCUT2D eigenvalue weighted by atomic mass is 9.88. The Hall–Kier alpha value is -4.31. The molecule has 5 aromatic rings. The van der Waals surface area contributed by atoms with Gasteiger partial charge in [-0.1, -0.05) is 104 Å². The van der Waals surface area contributed by atoms with Crippen molar-refractivity contribution in [2.75, 3.05) is 6.54 Å². The average Bonchev–Trinajstić information content (AvgIpc) is 3.34. The summed E-state index contributed by atoms with van der Waals surface area (Å²) < 4.78 is 8.36. The molecular weight excluding hydrogens is 492 g/mol. The Kier molecular flexibility index (Phi) is 8.65. The maximum atomic E-state index is 13.2. The van der Waals surface area contributed by atoms with Crippen molar-refractivity contribution in [3.8, 4) is 5.75 Å². The first-order valence-electron chi connectivity index (χ1n) is 14.1. The van der Waals surface area contributed by atoms with Gasteiger partial charge in [-0.3, -0.25) is 4.79 Å². The van der Waals surface area contributed by atoms with Crippen LogP contribution in [0.3, 0.4) is 0 Å². The highest BCUT2D eigenvalue weighted by molar-refractivity contribution is 5.86. The first-order chi connectivity index (χ1) is 19.5. The summed E-state index contributed by atoms with van der Waals surface area (Å²) in [7, 11) is 0. The molecule has 4 heteroatoms. The van der Waals surface area contributed by atoms with Crippen LogP contribution in [-0.4, -0.2) is 17.0 Å². The van der Waals surface area contributed by atoms with Crippen LogP contribution in [0, 0.1) is 12.8 Å². The summed E-state index contributed by atoms with van der Waals surface area (Å²) in [6, 6.07) is 35.6. The number of benzene rings is 4. The Balaban J connectivity index is 1.46. The van der Waals surface area contributed by atoms with Crippen molar-refractivity contribution in [2.24, 2.45) is 5.92 Å². The second-order valence-corrected chi connectivity index (χ2v) is 11.0. The molecule has 1 atom stereocenters. The van der Waals surface area contributed by atoms with Crippen LogP contribution in [0.15, 0.2) is 109 Å². The van der Waals surface area contributed by atoms with Crippen molar-refractivity contribution in [3.05, 3.63) is 137 Å². The highest BCUT2D eigenvalue weighted by atomic mass is 16.5. The molecule has 4 nitrogen and oxygen atoms in total. The predicted molar refractivity (Wildman–Crippen MR) is 164 cm³/mol. The third-order valence-electron chi connectivity index (χ3n) is 7.30. The van der Waals surface area contributed by atoms with Gasteiger partial charge in [-0.2, -0.15) is 0 Å². The second-order valence-electron chi connectivity index (χ2n) is 11.0. The Morgan fingerprint density at radius 2 is 1.52 bits per heavy atom. The van der Waals surface area contributed by atoms with E-state index in [-0.39, 0.29) is 11.8 Å². The van der Waals surface area contributed by atoms with Gasteiger partial charge in [0.25, 0.3) is 0 Å². The van der Waals surface area contributed by atoms with Crippen molar-refractivity contribution in [1.29, 1.82) is 0 Å². The molecule has 0 saturated carbocycles. The van der Waals surface area contributed by atoms with Crippen LogP contribution in [0.2, 0.25) is 0 Å². The topological polar surface area (TPSA) is 43.3 Å². The fraction of sp³-hybridized carbons (Fsp3) is 0.250. The minimum Gasteiger partial charge on any atom is -0.489 e. The van der Waals surface area contributed by atoms with Crippen molar-refractivity contribution in [3.63, 3.8) is 0 Å². The van der Waals surface area contributed by atoms with Crippen molar-refractivity contribution in [2.45, 2.75) is 46.3 Å². The van der Waals surface area contributed by atoms with Crippen LogP contribution in [0.1, 0.15) is 54.0 Å². The zero-order valence-electron chi connectivity index (χ0n) is 23.6. The molecule has 0 bridgehead atoms. The monoisotopic (exact) mass is 530 g/mol. The summed E-state index contributed by atoms with van der Waals surface area (Å²) in [5, 5.41) is 4.31. The summed E-state index contributed by atoms with van der Waals surface area (Å²) >= 11 is 0. The molecule has 0 saturated heterocycles. The van der Waals surface area contributed by atoms with Crippen LogP contribution in [0.5, 0.6) is 5.75 Å². The van der Waals surface area contributed by atoms with E-state index in [0.717, 1.165) is 23.4 Å². The maximum absolute atomic E-state index is 13.2. The smallest absolute Gasteiger partial charge is 0.220 e. The van der Waals surface area contributed by atoms with E-state index in [1.165, 1.54) is 27.6 Å². The normalized spacial score (nSPS) is 12.0. The number of amides is 1. The van der Waals surface area contributed by atoms with Gasteiger partial charge in [0, 0.05) is 42.5 Å². The third kappa shape index (κ3) is 6.81. The maximum Gasteiger partial charge on any atom is 0.220 e. The number of carbonyl (C=O) groups excluding carboxylic acids is 1. The van der Waals surface area contributed by atoms with E-state index < -0.39 is 0 Å². The first kappa shape index (κ1) is 27.3. The Labute approximate surface area is 237 Å². The lowest BCUT2D eigenvalue weighted by Gasteiger charge is -2.18. The zero-order chi connectivity index (χ0) is 27.9. The average molecular weight is 531 g/mol. The molecule has 1 amide bonds. The van der Waals surface area contributed by atoms with Gasteiger partial charge in [0.2, 0.25) is 5.91 Å². The number of para-hydroxylation sites is 1. The highest BCUT2D eigenvalue weighted by Gasteiger charge is 2.23.